The van der Waals surface area contributed by atoms with Crippen LogP contribution >= 0.6 is 0 Å². The second-order valence-electron chi connectivity index (χ2n) is 4.21. The van der Waals surface area contributed by atoms with Crippen molar-refractivity contribution in [3.8, 4) is 0 Å². The molecule has 0 aliphatic heterocycles. The van der Waals surface area contributed by atoms with E-state index in [9.17, 15) is 27.2 Å². The number of carbonyl (C=O) groups excluding carboxylic acids is 2. The van der Waals surface area contributed by atoms with Crippen molar-refractivity contribution in [1.29, 1.82) is 0 Å². The Morgan fingerprint density at radius 3 is 2.45 bits per heavy atom. The number of rotatable bonds is 4. The molecule has 0 heterocycles. The molecule has 20 heavy (non-hydrogen) atoms. The quantitative estimate of drug-likeness (QED) is 0.831. The number of hydrogen-bond acceptors (Lipinski definition) is 2. The Bertz CT molecular complexity index is 529. The van der Waals surface area contributed by atoms with Gasteiger partial charge in [0.15, 0.2) is 0 Å². The summed E-state index contributed by atoms with van der Waals surface area (Å²) in [5.74, 6) is -3.38. The molecule has 1 aromatic rings. The standard InChI is InChI=1S/C12H12F4N2O2/c1-6(5-9(17)19)18-11(20)7-3-2-4-8(10(7)13)12(14,15)16/h2-4,6H,5H2,1H3,(H2,17,19)(H,18,20). The van der Waals surface area contributed by atoms with Gasteiger partial charge in [-0.3, -0.25) is 9.59 Å². The minimum Gasteiger partial charge on any atom is -0.370 e. The van der Waals surface area contributed by atoms with Gasteiger partial charge in [0.1, 0.15) is 5.82 Å². The second kappa shape index (κ2) is 5.89. The first-order valence-electron chi connectivity index (χ1n) is 5.57. The summed E-state index contributed by atoms with van der Waals surface area (Å²) in [4.78, 5) is 22.3. The molecule has 1 unspecified atom stereocenters. The molecule has 0 saturated heterocycles. The summed E-state index contributed by atoms with van der Waals surface area (Å²) in [6.45, 7) is 1.42. The van der Waals surface area contributed by atoms with Crippen molar-refractivity contribution in [2.24, 2.45) is 5.73 Å². The van der Waals surface area contributed by atoms with Crippen LogP contribution in [-0.2, 0) is 11.0 Å². The largest absolute Gasteiger partial charge is 0.419 e. The van der Waals surface area contributed by atoms with Crippen LogP contribution in [0.1, 0.15) is 29.3 Å². The van der Waals surface area contributed by atoms with Crippen LogP contribution in [0, 0.1) is 5.82 Å². The van der Waals surface area contributed by atoms with Crippen molar-refractivity contribution in [2.75, 3.05) is 0 Å². The van der Waals surface area contributed by atoms with E-state index >= 15 is 0 Å². The molecule has 0 bridgehead atoms. The van der Waals surface area contributed by atoms with Crippen LogP contribution in [0.3, 0.4) is 0 Å². The molecule has 0 radical (unpaired) electrons. The number of hydrogen-bond donors (Lipinski definition) is 2. The van der Waals surface area contributed by atoms with Gasteiger partial charge in [-0.05, 0) is 19.1 Å². The summed E-state index contributed by atoms with van der Waals surface area (Å²) in [7, 11) is 0. The van der Waals surface area contributed by atoms with E-state index in [2.05, 4.69) is 5.32 Å². The van der Waals surface area contributed by atoms with Crippen LogP contribution < -0.4 is 11.1 Å². The summed E-state index contributed by atoms with van der Waals surface area (Å²) >= 11 is 0. The third kappa shape index (κ3) is 3.94. The van der Waals surface area contributed by atoms with Gasteiger partial charge in [0, 0.05) is 12.5 Å². The lowest BCUT2D eigenvalue weighted by molar-refractivity contribution is -0.140. The van der Waals surface area contributed by atoms with Gasteiger partial charge in [0.25, 0.3) is 5.91 Å². The van der Waals surface area contributed by atoms with Gasteiger partial charge < -0.3 is 11.1 Å². The van der Waals surface area contributed by atoms with E-state index in [1.54, 1.807) is 0 Å². The van der Waals surface area contributed by atoms with E-state index in [1.165, 1.54) is 6.92 Å². The average Bonchev–Trinajstić information content (AvgIpc) is 2.25. The molecular weight excluding hydrogens is 280 g/mol. The van der Waals surface area contributed by atoms with Gasteiger partial charge >= 0.3 is 6.18 Å². The molecule has 1 rings (SSSR count). The minimum atomic E-state index is -4.89. The van der Waals surface area contributed by atoms with Crippen molar-refractivity contribution >= 4 is 11.8 Å². The summed E-state index contributed by atoms with van der Waals surface area (Å²) < 4.78 is 51.1. The van der Waals surface area contributed by atoms with E-state index < -0.39 is 41.0 Å². The summed E-state index contributed by atoms with van der Waals surface area (Å²) in [5, 5.41) is 2.20. The molecule has 110 valence electrons. The molecule has 0 aliphatic rings. The lowest BCUT2D eigenvalue weighted by Gasteiger charge is -2.14. The highest BCUT2D eigenvalue weighted by Gasteiger charge is 2.35. The highest BCUT2D eigenvalue weighted by Crippen LogP contribution is 2.32. The Morgan fingerprint density at radius 2 is 1.95 bits per heavy atom. The molecule has 1 aromatic carbocycles. The zero-order chi connectivity index (χ0) is 15.5. The first kappa shape index (κ1) is 15.9. The third-order valence-electron chi connectivity index (χ3n) is 2.43. The third-order valence-corrected chi connectivity index (χ3v) is 2.43. The molecule has 3 N–H and O–H groups in total. The maximum absolute atomic E-state index is 13.7. The number of benzene rings is 1. The van der Waals surface area contributed by atoms with Gasteiger partial charge in [-0.15, -0.1) is 0 Å². The van der Waals surface area contributed by atoms with E-state index in [4.69, 9.17) is 5.73 Å². The fraction of sp³-hybridized carbons (Fsp3) is 0.333. The van der Waals surface area contributed by atoms with Gasteiger partial charge in [-0.25, -0.2) is 4.39 Å². The Kier molecular flexibility index (Phi) is 4.69. The monoisotopic (exact) mass is 292 g/mol. The highest BCUT2D eigenvalue weighted by molar-refractivity contribution is 5.95. The average molecular weight is 292 g/mol. The SMILES string of the molecule is CC(CC(N)=O)NC(=O)c1cccc(C(F)(F)F)c1F. The number of carbonyl (C=O) groups is 2. The predicted molar refractivity (Wildman–Crippen MR) is 62.1 cm³/mol. The lowest BCUT2D eigenvalue weighted by Crippen LogP contribution is -2.36. The Balaban J connectivity index is 2.97. The first-order valence-corrected chi connectivity index (χ1v) is 5.57. The van der Waals surface area contributed by atoms with Crippen LogP contribution in [0.5, 0.6) is 0 Å². The van der Waals surface area contributed by atoms with Gasteiger partial charge in [0.2, 0.25) is 5.91 Å². The zero-order valence-electron chi connectivity index (χ0n) is 10.4. The number of primary amides is 1. The smallest absolute Gasteiger partial charge is 0.370 e. The van der Waals surface area contributed by atoms with Gasteiger partial charge in [-0.2, -0.15) is 13.2 Å². The Morgan fingerprint density at radius 1 is 1.35 bits per heavy atom. The second-order valence-corrected chi connectivity index (χ2v) is 4.21. The van der Waals surface area contributed by atoms with Crippen LogP contribution in [0.25, 0.3) is 0 Å². The predicted octanol–water partition coefficient (Wildman–Crippen LogP) is 1.84. The normalized spacial score (nSPS) is 12.8. The molecular formula is C12H12F4N2O2. The molecule has 0 saturated carbocycles. The van der Waals surface area contributed by atoms with E-state index in [0.29, 0.717) is 6.07 Å². The number of halogens is 4. The minimum absolute atomic E-state index is 0.202. The highest BCUT2D eigenvalue weighted by atomic mass is 19.4. The van der Waals surface area contributed by atoms with E-state index in [1.807, 2.05) is 0 Å². The molecule has 4 nitrogen and oxygen atoms in total. The first-order chi connectivity index (χ1) is 9.12. The van der Waals surface area contributed by atoms with Crippen LogP contribution in [0.4, 0.5) is 17.6 Å². The van der Waals surface area contributed by atoms with Crippen molar-refractivity contribution in [1.82, 2.24) is 5.32 Å². The van der Waals surface area contributed by atoms with Crippen molar-refractivity contribution in [2.45, 2.75) is 25.6 Å². The van der Waals surface area contributed by atoms with Crippen molar-refractivity contribution in [3.05, 3.63) is 35.1 Å². The van der Waals surface area contributed by atoms with E-state index in [0.717, 1.165) is 12.1 Å². The molecule has 0 fully saturated rings. The van der Waals surface area contributed by atoms with E-state index in [-0.39, 0.29) is 6.42 Å². The maximum atomic E-state index is 13.7. The fourth-order valence-corrected chi connectivity index (χ4v) is 1.58. The zero-order valence-corrected chi connectivity index (χ0v) is 10.4. The topological polar surface area (TPSA) is 72.2 Å². The Labute approximate surface area is 111 Å². The number of alkyl halides is 3. The number of nitrogens with one attached hydrogen (secondary N) is 1. The Hall–Kier alpha value is -2.12. The number of amides is 2. The lowest BCUT2D eigenvalue weighted by atomic mass is 10.1. The van der Waals surface area contributed by atoms with Crippen LogP contribution in [-0.4, -0.2) is 17.9 Å². The van der Waals surface area contributed by atoms with Crippen LogP contribution in [0.2, 0.25) is 0 Å². The molecule has 0 aromatic heterocycles. The molecule has 2 amide bonds. The van der Waals surface area contributed by atoms with Gasteiger partial charge in [-0.1, -0.05) is 6.07 Å². The van der Waals surface area contributed by atoms with Gasteiger partial charge in [0.05, 0.1) is 11.1 Å². The van der Waals surface area contributed by atoms with Crippen molar-refractivity contribution < 1.29 is 27.2 Å². The van der Waals surface area contributed by atoms with Crippen molar-refractivity contribution in [3.63, 3.8) is 0 Å². The maximum Gasteiger partial charge on any atom is 0.419 e. The fourth-order valence-electron chi connectivity index (χ4n) is 1.58. The summed E-state index contributed by atoms with van der Waals surface area (Å²) in [6, 6.07) is 1.68. The molecule has 0 spiro atoms. The molecule has 8 heteroatoms. The number of nitrogens with two attached hydrogens (primary N) is 1. The summed E-state index contributed by atoms with van der Waals surface area (Å²) in [6.07, 6.45) is -5.09. The van der Waals surface area contributed by atoms with Crippen LogP contribution in [0.15, 0.2) is 18.2 Å². The summed E-state index contributed by atoms with van der Waals surface area (Å²) in [5.41, 5.74) is 2.65. The molecule has 0 aliphatic carbocycles. The molecule has 1 atom stereocenters.